The fourth-order valence-corrected chi connectivity index (χ4v) is 3.26. The molecule has 0 atom stereocenters. The Balaban J connectivity index is 1.87. The number of imidazole rings is 1. The van der Waals surface area contributed by atoms with Crippen LogP contribution >= 0.6 is 0 Å². The van der Waals surface area contributed by atoms with E-state index in [1.807, 2.05) is 0 Å². The van der Waals surface area contributed by atoms with Gasteiger partial charge in [-0.1, -0.05) is 13.8 Å². The molecule has 13 heteroatoms. The molecule has 1 amide bonds. The van der Waals surface area contributed by atoms with Crippen molar-refractivity contribution >= 4 is 5.91 Å². The highest BCUT2D eigenvalue weighted by molar-refractivity contribution is 5.95. The Morgan fingerprint density at radius 1 is 1.09 bits per heavy atom. The highest BCUT2D eigenvalue weighted by Crippen LogP contribution is 2.30. The molecule has 0 spiro atoms. The molecular formula is C20H20F6N6O. The lowest BCUT2D eigenvalue weighted by atomic mass is 10.0. The van der Waals surface area contributed by atoms with Gasteiger partial charge in [0.1, 0.15) is 12.4 Å². The summed E-state index contributed by atoms with van der Waals surface area (Å²) in [6.07, 6.45) is -4.66. The smallest absolute Gasteiger partial charge is 0.334 e. The fraction of sp³-hybridized carbons (Fsp3) is 0.400. The van der Waals surface area contributed by atoms with Crippen molar-refractivity contribution in [2.45, 2.75) is 45.2 Å². The first-order chi connectivity index (χ1) is 15.3. The number of hydrogen-bond donors (Lipinski definition) is 0. The summed E-state index contributed by atoms with van der Waals surface area (Å²) in [4.78, 5) is 22.0. The third-order valence-electron chi connectivity index (χ3n) is 4.75. The van der Waals surface area contributed by atoms with Crippen molar-refractivity contribution in [3.63, 3.8) is 0 Å². The van der Waals surface area contributed by atoms with Crippen molar-refractivity contribution in [3.05, 3.63) is 59.6 Å². The zero-order valence-electron chi connectivity index (χ0n) is 17.8. The second kappa shape index (κ2) is 8.87. The number of alkyl halides is 6. The molecule has 0 aliphatic heterocycles. The van der Waals surface area contributed by atoms with E-state index in [2.05, 4.69) is 15.1 Å². The van der Waals surface area contributed by atoms with Crippen LogP contribution in [0.5, 0.6) is 0 Å². The average Bonchev–Trinajstić information content (AvgIpc) is 3.32. The van der Waals surface area contributed by atoms with Crippen LogP contribution in [0.25, 0.3) is 5.82 Å². The SMILES string of the molecule is CC(C)c1c(C(=O)N(C)Cc2nccn2CC(F)(F)F)cnn1-c1ccc(C(F)(F)F)cn1. The summed E-state index contributed by atoms with van der Waals surface area (Å²) in [5.74, 6) is -0.658. The molecule has 33 heavy (non-hydrogen) atoms. The summed E-state index contributed by atoms with van der Waals surface area (Å²) in [6, 6.07) is 2.01. The summed E-state index contributed by atoms with van der Waals surface area (Å²) >= 11 is 0. The number of amides is 1. The van der Waals surface area contributed by atoms with Crippen LogP contribution in [0, 0.1) is 0 Å². The van der Waals surface area contributed by atoms with E-state index in [4.69, 9.17) is 0 Å². The number of pyridine rings is 1. The predicted octanol–water partition coefficient (Wildman–Crippen LogP) is 4.44. The molecule has 0 radical (unpaired) electrons. The van der Waals surface area contributed by atoms with E-state index in [0.717, 1.165) is 16.7 Å². The molecule has 0 aliphatic carbocycles. The van der Waals surface area contributed by atoms with Crippen molar-refractivity contribution in [2.75, 3.05) is 7.05 Å². The molecule has 0 aliphatic rings. The Labute approximate surface area is 184 Å². The van der Waals surface area contributed by atoms with E-state index >= 15 is 0 Å². The van der Waals surface area contributed by atoms with Crippen LogP contribution < -0.4 is 0 Å². The van der Waals surface area contributed by atoms with E-state index in [0.29, 0.717) is 11.9 Å². The molecule has 3 rings (SSSR count). The van der Waals surface area contributed by atoms with Gasteiger partial charge < -0.3 is 9.47 Å². The molecule has 0 saturated carbocycles. The summed E-state index contributed by atoms with van der Waals surface area (Å²) in [7, 11) is 1.41. The van der Waals surface area contributed by atoms with E-state index < -0.39 is 30.4 Å². The second-order valence-corrected chi connectivity index (χ2v) is 7.66. The third kappa shape index (κ3) is 5.52. The van der Waals surface area contributed by atoms with Crippen LogP contribution in [0.1, 0.15) is 47.2 Å². The maximum Gasteiger partial charge on any atom is 0.417 e. The van der Waals surface area contributed by atoms with Gasteiger partial charge in [-0.15, -0.1) is 0 Å². The van der Waals surface area contributed by atoms with Crippen LogP contribution in [0.2, 0.25) is 0 Å². The molecule has 3 heterocycles. The van der Waals surface area contributed by atoms with Crippen molar-refractivity contribution < 1.29 is 31.1 Å². The van der Waals surface area contributed by atoms with E-state index in [-0.39, 0.29) is 29.7 Å². The van der Waals surface area contributed by atoms with Gasteiger partial charge in [-0.25, -0.2) is 14.6 Å². The molecule has 0 fully saturated rings. The Bertz CT molecular complexity index is 1110. The Morgan fingerprint density at radius 3 is 2.33 bits per heavy atom. The van der Waals surface area contributed by atoms with Crippen LogP contribution in [-0.4, -0.2) is 48.3 Å². The van der Waals surface area contributed by atoms with Gasteiger partial charge in [0.25, 0.3) is 5.91 Å². The quantitative estimate of drug-likeness (QED) is 0.496. The Kier molecular flexibility index (Phi) is 6.52. The number of nitrogens with zero attached hydrogens (tertiary/aromatic N) is 6. The van der Waals surface area contributed by atoms with Gasteiger partial charge in [-0.05, 0) is 18.1 Å². The number of rotatable bonds is 6. The van der Waals surface area contributed by atoms with Crippen LogP contribution in [-0.2, 0) is 19.3 Å². The molecule has 7 nitrogen and oxygen atoms in total. The van der Waals surface area contributed by atoms with Crippen LogP contribution in [0.3, 0.4) is 0 Å². The predicted molar refractivity (Wildman–Crippen MR) is 105 cm³/mol. The minimum Gasteiger partial charge on any atom is -0.334 e. The van der Waals surface area contributed by atoms with E-state index in [1.165, 1.54) is 35.2 Å². The maximum atomic E-state index is 13.1. The molecule has 0 unspecified atom stereocenters. The van der Waals surface area contributed by atoms with Gasteiger partial charge in [0.15, 0.2) is 5.82 Å². The minimum atomic E-state index is -4.54. The number of halogens is 6. The fourth-order valence-electron chi connectivity index (χ4n) is 3.26. The van der Waals surface area contributed by atoms with Crippen molar-refractivity contribution in [1.29, 1.82) is 0 Å². The standard InChI is InChI=1S/C20H20F6N6O/c1-12(2)17-14(9-29-32(17)15-5-4-13(8-28-15)20(24,25)26)18(33)30(3)10-16-27-6-7-31(16)11-19(21,22)23/h4-9,12H,10-11H2,1-3H3. The maximum absolute atomic E-state index is 13.1. The second-order valence-electron chi connectivity index (χ2n) is 7.66. The number of hydrogen-bond acceptors (Lipinski definition) is 4. The zero-order valence-corrected chi connectivity index (χ0v) is 17.8. The number of carbonyl (C=O) groups is 1. The third-order valence-corrected chi connectivity index (χ3v) is 4.75. The Hall–Kier alpha value is -3.38. The lowest BCUT2D eigenvalue weighted by Gasteiger charge is -2.19. The Morgan fingerprint density at radius 2 is 1.79 bits per heavy atom. The van der Waals surface area contributed by atoms with Gasteiger partial charge in [-0.3, -0.25) is 4.79 Å². The molecule has 0 N–H and O–H groups in total. The monoisotopic (exact) mass is 474 g/mol. The van der Waals surface area contributed by atoms with Gasteiger partial charge in [0.05, 0.1) is 29.6 Å². The van der Waals surface area contributed by atoms with Crippen molar-refractivity contribution in [1.82, 2.24) is 29.2 Å². The molecular weight excluding hydrogens is 454 g/mol. The molecule has 178 valence electrons. The zero-order chi connectivity index (χ0) is 24.6. The summed E-state index contributed by atoms with van der Waals surface area (Å²) in [5.41, 5.74) is -0.365. The topological polar surface area (TPSA) is 68.8 Å². The van der Waals surface area contributed by atoms with Gasteiger partial charge in [-0.2, -0.15) is 31.4 Å². The van der Waals surface area contributed by atoms with Gasteiger partial charge in [0, 0.05) is 25.6 Å². The van der Waals surface area contributed by atoms with Crippen molar-refractivity contribution in [2.24, 2.45) is 0 Å². The first-order valence-corrected chi connectivity index (χ1v) is 9.71. The summed E-state index contributed by atoms with van der Waals surface area (Å²) < 4.78 is 78.9. The summed E-state index contributed by atoms with van der Waals surface area (Å²) in [6.45, 7) is 2.11. The summed E-state index contributed by atoms with van der Waals surface area (Å²) in [5, 5.41) is 4.12. The van der Waals surface area contributed by atoms with Crippen molar-refractivity contribution in [3.8, 4) is 5.82 Å². The van der Waals surface area contributed by atoms with Gasteiger partial charge in [0.2, 0.25) is 0 Å². The lowest BCUT2D eigenvalue weighted by molar-refractivity contribution is -0.141. The number of aromatic nitrogens is 5. The minimum absolute atomic E-state index is 0.0473. The highest BCUT2D eigenvalue weighted by Gasteiger charge is 2.32. The van der Waals surface area contributed by atoms with E-state index in [1.54, 1.807) is 13.8 Å². The normalized spacial score (nSPS) is 12.4. The average molecular weight is 474 g/mol. The number of carbonyl (C=O) groups excluding carboxylic acids is 1. The first-order valence-electron chi connectivity index (χ1n) is 9.71. The van der Waals surface area contributed by atoms with Crippen LogP contribution in [0.4, 0.5) is 26.3 Å². The molecule has 0 aromatic carbocycles. The molecule has 0 saturated heterocycles. The van der Waals surface area contributed by atoms with Crippen LogP contribution in [0.15, 0.2) is 36.9 Å². The molecule has 0 bridgehead atoms. The lowest BCUT2D eigenvalue weighted by Crippen LogP contribution is -2.29. The largest absolute Gasteiger partial charge is 0.417 e. The highest BCUT2D eigenvalue weighted by atomic mass is 19.4. The van der Waals surface area contributed by atoms with Gasteiger partial charge >= 0.3 is 12.4 Å². The first kappa shape index (κ1) is 24.3. The molecule has 3 aromatic rings. The van der Waals surface area contributed by atoms with E-state index in [9.17, 15) is 31.1 Å². The molecule has 3 aromatic heterocycles.